The molecule has 0 saturated heterocycles. The second-order valence-corrected chi connectivity index (χ2v) is 6.27. The van der Waals surface area contributed by atoms with Gasteiger partial charge < -0.3 is 4.74 Å². The van der Waals surface area contributed by atoms with Crippen LogP contribution in [-0.2, 0) is 14.3 Å². The molecule has 0 aromatic heterocycles. The smallest absolute Gasteiger partial charge is 0.313 e. The average Bonchev–Trinajstić information content (AvgIpc) is 2.13. The van der Waals surface area contributed by atoms with Crippen molar-refractivity contribution in [2.45, 2.75) is 59.5 Å². The van der Waals surface area contributed by atoms with Crippen LogP contribution in [0.2, 0.25) is 0 Å². The van der Waals surface area contributed by atoms with E-state index in [4.69, 9.17) is 4.74 Å². The van der Waals surface area contributed by atoms with Crippen LogP contribution in [0.25, 0.3) is 0 Å². The van der Waals surface area contributed by atoms with Crippen LogP contribution in [0.5, 0.6) is 0 Å². The van der Waals surface area contributed by atoms with E-state index >= 15 is 0 Å². The highest BCUT2D eigenvalue weighted by molar-refractivity contribution is 5.94. The average molecular weight is 252 g/mol. The number of ether oxygens (including phenoxy) is 1. The van der Waals surface area contributed by atoms with E-state index in [2.05, 4.69) is 20.4 Å². The molecule has 0 radical (unpaired) electrons. The maximum Gasteiger partial charge on any atom is 0.313 e. The Kier molecular flexibility index (Phi) is 4.71. The van der Waals surface area contributed by atoms with E-state index in [0.717, 1.165) is 24.8 Å². The Morgan fingerprint density at radius 3 is 2.44 bits per heavy atom. The number of carbonyl (C=O) groups is 2. The summed E-state index contributed by atoms with van der Waals surface area (Å²) in [7, 11) is 0. The first-order chi connectivity index (χ1) is 8.21. The molecule has 0 aromatic carbocycles. The van der Waals surface area contributed by atoms with Crippen LogP contribution in [0.15, 0.2) is 12.2 Å². The molecular formula is C15H24O3. The maximum atomic E-state index is 11.6. The molecular weight excluding hydrogens is 228 g/mol. The predicted molar refractivity (Wildman–Crippen MR) is 71.1 cm³/mol. The van der Waals surface area contributed by atoms with Gasteiger partial charge in [-0.3, -0.25) is 9.59 Å². The molecule has 3 heteroatoms. The van der Waals surface area contributed by atoms with Crippen molar-refractivity contribution >= 4 is 11.8 Å². The third-order valence-corrected chi connectivity index (χ3v) is 3.64. The molecule has 2 atom stereocenters. The Labute approximate surface area is 110 Å². The van der Waals surface area contributed by atoms with Gasteiger partial charge in [0.25, 0.3) is 0 Å². The van der Waals surface area contributed by atoms with Crippen molar-refractivity contribution < 1.29 is 14.3 Å². The summed E-state index contributed by atoms with van der Waals surface area (Å²) in [6, 6.07) is 0. The van der Waals surface area contributed by atoms with E-state index in [9.17, 15) is 9.59 Å². The van der Waals surface area contributed by atoms with Crippen molar-refractivity contribution in [2.24, 2.45) is 11.3 Å². The van der Waals surface area contributed by atoms with Gasteiger partial charge in [0.15, 0.2) is 0 Å². The van der Waals surface area contributed by atoms with Crippen molar-refractivity contribution in [3.63, 3.8) is 0 Å². The van der Waals surface area contributed by atoms with Crippen LogP contribution >= 0.6 is 0 Å². The van der Waals surface area contributed by atoms with Gasteiger partial charge in [0.05, 0.1) is 0 Å². The number of rotatable bonds is 4. The molecule has 0 aromatic rings. The van der Waals surface area contributed by atoms with Gasteiger partial charge in [0, 0.05) is 5.92 Å². The Morgan fingerprint density at radius 2 is 1.94 bits per heavy atom. The summed E-state index contributed by atoms with van der Waals surface area (Å²) in [5.74, 6) is -0.327. The van der Waals surface area contributed by atoms with E-state index < -0.39 is 5.97 Å². The highest BCUT2D eigenvalue weighted by Gasteiger charge is 2.37. The van der Waals surface area contributed by atoms with Gasteiger partial charge in [-0.2, -0.15) is 0 Å². The summed E-state index contributed by atoms with van der Waals surface area (Å²) in [5, 5.41) is 0. The third kappa shape index (κ3) is 4.28. The lowest BCUT2D eigenvalue weighted by atomic mass is 9.70. The van der Waals surface area contributed by atoms with Crippen LogP contribution in [0.3, 0.4) is 0 Å². The predicted octanol–water partition coefficient (Wildman–Crippen LogP) is 3.28. The molecule has 1 aliphatic rings. The van der Waals surface area contributed by atoms with Gasteiger partial charge in [-0.25, -0.2) is 0 Å². The van der Waals surface area contributed by atoms with E-state index in [1.165, 1.54) is 6.92 Å². The third-order valence-electron chi connectivity index (χ3n) is 3.64. The zero-order valence-corrected chi connectivity index (χ0v) is 11.9. The second-order valence-electron chi connectivity index (χ2n) is 6.27. The summed E-state index contributed by atoms with van der Waals surface area (Å²) >= 11 is 0. The normalized spacial score (nSPS) is 26.4. The molecule has 2 unspecified atom stereocenters. The van der Waals surface area contributed by atoms with E-state index in [1.54, 1.807) is 0 Å². The van der Waals surface area contributed by atoms with Crippen molar-refractivity contribution in [3.8, 4) is 0 Å². The lowest BCUT2D eigenvalue weighted by Crippen LogP contribution is -2.37. The first-order valence-electron chi connectivity index (χ1n) is 6.55. The summed E-state index contributed by atoms with van der Waals surface area (Å²) in [4.78, 5) is 22.5. The van der Waals surface area contributed by atoms with Crippen LogP contribution in [0.4, 0.5) is 0 Å². The first kappa shape index (κ1) is 14.9. The minimum Gasteiger partial charge on any atom is -0.461 e. The highest BCUT2D eigenvalue weighted by Crippen LogP contribution is 2.42. The van der Waals surface area contributed by atoms with E-state index in [1.807, 2.05) is 6.92 Å². The zero-order valence-electron chi connectivity index (χ0n) is 11.9. The second kappa shape index (κ2) is 5.68. The summed E-state index contributed by atoms with van der Waals surface area (Å²) in [6.45, 7) is 11.7. The zero-order chi connectivity index (χ0) is 13.9. The van der Waals surface area contributed by atoms with Crippen molar-refractivity contribution in [2.75, 3.05) is 0 Å². The standard InChI is InChI=1S/C15H24O3/c1-10(2)12-6-7-15(4,5)9-13(12)18-14(17)8-11(3)16/h12-13H,1,6-9H2,2-5H3. The molecule has 18 heavy (non-hydrogen) atoms. The lowest BCUT2D eigenvalue weighted by Gasteiger charge is -2.40. The fourth-order valence-corrected chi connectivity index (χ4v) is 2.62. The maximum absolute atomic E-state index is 11.6. The van der Waals surface area contributed by atoms with Crippen LogP contribution < -0.4 is 0 Å². The molecule has 0 aliphatic heterocycles. The van der Waals surface area contributed by atoms with Crippen LogP contribution in [0, 0.1) is 11.3 Å². The number of hydrogen-bond acceptors (Lipinski definition) is 3. The van der Waals surface area contributed by atoms with Gasteiger partial charge in [-0.15, -0.1) is 0 Å². The molecule has 1 fully saturated rings. The van der Waals surface area contributed by atoms with Gasteiger partial charge in [-0.1, -0.05) is 26.0 Å². The highest BCUT2D eigenvalue weighted by atomic mass is 16.5. The van der Waals surface area contributed by atoms with Crippen molar-refractivity contribution in [1.29, 1.82) is 0 Å². The largest absolute Gasteiger partial charge is 0.461 e. The molecule has 0 amide bonds. The Hall–Kier alpha value is -1.12. The van der Waals surface area contributed by atoms with Crippen LogP contribution in [0.1, 0.15) is 53.4 Å². The number of esters is 1. The number of hydrogen-bond donors (Lipinski definition) is 0. The number of ketones is 1. The minimum atomic E-state index is -0.406. The number of Topliss-reactive ketones (excluding diaryl/α,β-unsaturated/α-hetero) is 1. The Bertz CT molecular complexity index is 355. The van der Waals surface area contributed by atoms with Gasteiger partial charge >= 0.3 is 5.97 Å². The molecule has 0 heterocycles. The molecule has 1 rings (SSSR count). The molecule has 1 aliphatic carbocycles. The van der Waals surface area contributed by atoms with E-state index in [0.29, 0.717) is 0 Å². The van der Waals surface area contributed by atoms with Crippen LogP contribution in [-0.4, -0.2) is 17.9 Å². The molecule has 0 N–H and O–H groups in total. The Morgan fingerprint density at radius 1 is 1.33 bits per heavy atom. The monoisotopic (exact) mass is 252 g/mol. The topological polar surface area (TPSA) is 43.4 Å². The SMILES string of the molecule is C=C(C)C1CCC(C)(C)CC1OC(=O)CC(C)=O. The number of carbonyl (C=O) groups excluding carboxylic acids is 2. The quantitative estimate of drug-likeness (QED) is 0.438. The molecule has 0 bridgehead atoms. The van der Waals surface area contributed by atoms with Crippen molar-refractivity contribution in [3.05, 3.63) is 12.2 Å². The summed E-state index contributed by atoms with van der Waals surface area (Å²) in [5.41, 5.74) is 1.25. The van der Waals surface area contributed by atoms with Crippen molar-refractivity contribution in [1.82, 2.24) is 0 Å². The molecule has 102 valence electrons. The summed E-state index contributed by atoms with van der Waals surface area (Å²) < 4.78 is 5.49. The molecule has 1 saturated carbocycles. The fraction of sp³-hybridized carbons (Fsp3) is 0.733. The van der Waals surface area contributed by atoms with Gasteiger partial charge in [0.2, 0.25) is 0 Å². The summed E-state index contributed by atoms with van der Waals surface area (Å²) in [6.07, 6.45) is 2.71. The Balaban J connectivity index is 2.70. The van der Waals surface area contributed by atoms with Gasteiger partial charge in [0.1, 0.15) is 18.3 Å². The minimum absolute atomic E-state index is 0.125. The first-order valence-corrected chi connectivity index (χ1v) is 6.55. The lowest BCUT2D eigenvalue weighted by molar-refractivity contribution is -0.156. The fourth-order valence-electron chi connectivity index (χ4n) is 2.62. The molecule has 0 spiro atoms. The molecule has 3 nitrogen and oxygen atoms in total. The van der Waals surface area contributed by atoms with Gasteiger partial charge in [-0.05, 0) is 38.5 Å². The van der Waals surface area contributed by atoms with E-state index in [-0.39, 0.29) is 29.6 Å².